The Kier molecular flexibility index (Phi) is 5.21. The van der Waals surface area contributed by atoms with Crippen LogP contribution >= 0.6 is 11.6 Å². The lowest BCUT2D eigenvalue weighted by Crippen LogP contribution is -2.35. The summed E-state index contributed by atoms with van der Waals surface area (Å²) in [7, 11) is 1.61. The summed E-state index contributed by atoms with van der Waals surface area (Å²) < 4.78 is 5.32. The van der Waals surface area contributed by atoms with E-state index in [-0.39, 0.29) is 23.0 Å². The Balaban J connectivity index is 1.33. The van der Waals surface area contributed by atoms with Gasteiger partial charge in [-0.05, 0) is 68.1 Å². The maximum Gasteiger partial charge on any atom is 0.228 e. The standard InChI is InChI=1S/C22H25ClN2O3/c1-28-20-5-3-2-4-18(20)24-21(27)17-13-22(17)8-10-25(11-9-22)14-15-12-16(23)6-7-19(15)26/h2-7,12,17,26H,8-11,13-14H2,1H3,(H,24,27)/t17-/m1/s1. The molecule has 0 aromatic heterocycles. The van der Waals surface area contributed by atoms with Crippen LogP contribution in [0.1, 0.15) is 24.8 Å². The average molecular weight is 401 g/mol. The number of rotatable bonds is 5. The fourth-order valence-corrected chi connectivity index (χ4v) is 4.51. The minimum Gasteiger partial charge on any atom is -0.508 e. The number of methoxy groups -OCH3 is 1. The van der Waals surface area contributed by atoms with E-state index in [1.807, 2.05) is 30.3 Å². The van der Waals surface area contributed by atoms with E-state index < -0.39 is 0 Å². The van der Waals surface area contributed by atoms with Gasteiger partial charge >= 0.3 is 0 Å². The molecule has 2 aromatic carbocycles. The highest BCUT2D eigenvalue weighted by molar-refractivity contribution is 6.30. The molecule has 1 amide bonds. The van der Waals surface area contributed by atoms with Gasteiger partial charge in [0.1, 0.15) is 11.5 Å². The molecule has 1 aliphatic carbocycles. The van der Waals surface area contributed by atoms with Crippen LogP contribution in [0, 0.1) is 11.3 Å². The zero-order chi connectivity index (χ0) is 19.7. The lowest BCUT2D eigenvalue weighted by Gasteiger charge is -2.33. The monoisotopic (exact) mass is 400 g/mol. The van der Waals surface area contributed by atoms with E-state index >= 15 is 0 Å². The van der Waals surface area contributed by atoms with E-state index in [1.165, 1.54) is 0 Å². The van der Waals surface area contributed by atoms with Crippen molar-refractivity contribution in [2.45, 2.75) is 25.8 Å². The van der Waals surface area contributed by atoms with Crippen molar-refractivity contribution in [3.63, 3.8) is 0 Å². The molecule has 0 radical (unpaired) electrons. The minimum atomic E-state index is 0.0686. The zero-order valence-corrected chi connectivity index (χ0v) is 16.7. The molecule has 5 nitrogen and oxygen atoms in total. The second-order valence-electron chi connectivity index (χ2n) is 7.86. The van der Waals surface area contributed by atoms with E-state index in [2.05, 4.69) is 10.2 Å². The largest absolute Gasteiger partial charge is 0.508 e. The molecule has 0 unspecified atom stereocenters. The van der Waals surface area contributed by atoms with Gasteiger partial charge in [-0.25, -0.2) is 0 Å². The lowest BCUT2D eigenvalue weighted by molar-refractivity contribution is -0.118. The molecular weight excluding hydrogens is 376 g/mol. The molecule has 6 heteroatoms. The van der Waals surface area contributed by atoms with E-state index in [0.29, 0.717) is 17.3 Å². The number of carbonyl (C=O) groups is 1. The molecule has 28 heavy (non-hydrogen) atoms. The number of aromatic hydroxyl groups is 1. The fraction of sp³-hybridized carbons (Fsp3) is 0.409. The number of para-hydroxylation sites is 2. The number of phenolic OH excluding ortho intramolecular Hbond substituents is 1. The number of nitrogens with zero attached hydrogens (tertiary/aromatic N) is 1. The first-order valence-corrected chi connectivity index (χ1v) is 10.0. The molecule has 1 spiro atoms. The van der Waals surface area contributed by atoms with Gasteiger partial charge < -0.3 is 15.2 Å². The second-order valence-corrected chi connectivity index (χ2v) is 8.29. The Labute approximate surface area is 170 Å². The van der Waals surface area contributed by atoms with Crippen molar-refractivity contribution in [3.8, 4) is 11.5 Å². The molecule has 1 heterocycles. The van der Waals surface area contributed by atoms with Crippen LogP contribution in [0.15, 0.2) is 42.5 Å². The van der Waals surface area contributed by atoms with Crippen LogP contribution in [0.2, 0.25) is 5.02 Å². The molecule has 2 N–H and O–H groups in total. The SMILES string of the molecule is COc1ccccc1NC(=O)[C@H]1CC12CCN(Cc1cc(Cl)ccc1O)CC2. The van der Waals surface area contributed by atoms with Crippen molar-refractivity contribution in [1.82, 2.24) is 4.90 Å². The van der Waals surface area contributed by atoms with Gasteiger partial charge in [-0.1, -0.05) is 23.7 Å². The summed E-state index contributed by atoms with van der Waals surface area (Å²) >= 11 is 6.05. The van der Waals surface area contributed by atoms with Crippen molar-refractivity contribution in [3.05, 3.63) is 53.1 Å². The summed E-state index contributed by atoms with van der Waals surface area (Å²) in [6.07, 6.45) is 2.95. The molecule has 148 valence electrons. The number of phenols is 1. The smallest absolute Gasteiger partial charge is 0.228 e. The quantitative estimate of drug-likeness (QED) is 0.785. The van der Waals surface area contributed by atoms with Crippen LogP contribution in [0.5, 0.6) is 11.5 Å². The van der Waals surface area contributed by atoms with Crippen LogP contribution in [-0.2, 0) is 11.3 Å². The highest BCUT2D eigenvalue weighted by Crippen LogP contribution is 2.59. The maximum atomic E-state index is 12.7. The van der Waals surface area contributed by atoms with Crippen molar-refractivity contribution in [2.75, 3.05) is 25.5 Å². The predicted octanol–water partition coefficient (Wildman–Crippen LogP) is 4.30. The summed E-state index contributed by atoms with van der Waals surface area (Å²) in [6.45, 7) is 2.52. The highest BCUT2D eigenvalue weighted by atomic mass is 35.5. The number of halogens is 1. The van der Waals surface area contributed by atoms with Crippen LogP contribution in [0.4, 0.5) is 5.69 Å². The summed E-state index contributed by atoms with van der Waals surface area (Å²) in [6, 6.07) is 12.7. The van der Waals surface area contributed by atoms with Gasteiger partial charge in [0.2, 0.25) is 5.91 Å². The van der Waals surface area contributed by atoms with Crippen LogP contribution < -0.4 is 10.1 Å². The first-order chi connectivity index (χ1) is 13.5. The molecule has 2 aliphatic rings. The third-order valence-corrected chi connectivity index (χ3v) is 6.39. The molecule has 0 bridgehead atoms. The Hall–Kier alpha value is -2.24. The minimum absolute atomic E-state index is 0.0686. The number of hydrogen-bond acceptors (Lipinski definition) is 4. The Morgan fingerprint density at radius 1 is 1.29 bits per heavy atom. The van der Waals surface area contributed by atoms with E-state index in [9.17, 15) is 9.90 Å². The summed E-state index contributed by atoms with van der Waals surface area (Å²) in [4.78, 5) is 15.1. The highest BCUT2D eigenvalue weighted by Gasteiger charge is 2.58. The summed E-state index contributed by atoms with van der Waals surface area (Å²) in [5, 5.41) is 13.7. The van der Waals surface area contributed by atoms with E-state index in [1.54, 1.807) is 19.2 Å². The zero-order valence-electron chi connectivity index (χ0n) is 16.0. The topological polar surface area (TPSA) is 61.8 Å². The second kappa shape index (κ2) is 7.64. The van der Waals surface area contributed by atoms with Gasteiger partial charge in [0.05, 0.1) is 12.8 Å². The number of anilines is 1. The van der Waals surface area contributed by atoms with Gasteiger partial charge in [0.15, 0.2) is 0 Å². The number of benzene rings is 2. The number of likely N-dealkylation sites (tertiary alicyclic amines) is 1. The van der Waals surface area contributed by atoms with Gasteiger partial charge in [0.25, 0.3) is 0 Å². The number of hydrogen-bond donors (Lipinski definition) is 2. The van der Waals surface area contributed by atoms with Gasteiger partial charge in [-0.2, -0.15) is 0 Å². The Bertz CT molecular complexity index is 878. The number of amides is 1. The Morgan fingerprint density at radius 2 is 2.04 bits per heavy atom. The lowest BCUT2D eigenvalue weighted by atomic mass is 9.90. The third-order valence-electron chi connectivity index (χ3n) is 6.16. The van der Waals surface area contributed by atoms with Gasteiger partial charge in [0, 0.05) is 23.0 Å². The molecule has 2 fully saturated rings. The first-order valence-electron chi connectivity index (χ1n) is 9.64. The summed E-state index contributed by atoms with van der Waals surface area (Å²) in [5.74, 6) is 1.12. The molecular formula is C22H25ClN2O3. The van der Waals surface area contributed by atoms with E-state index in [0.717, 1.165) is 43.6 Å². The van der Waals surface area contributed by atoms with Crippen molar-refractivity contribution >= 4 is 23.2 Å². The number of ether oxygens (including phenoxy) is 1. The molecule has 1 aliphatic heterocycles. The van der Waals surface area contributed by atoms with Crippen LogP contribution in [-0.4, -0.2) is 36.1 Å². The van der Waals surface area contributed by atoms with Gasteiger partial charge in [-0.15, -0.1) is 0 Å². The molecule has 1 atom stereocenters. The molecule has 1 saturated carbocycles. The number of carbonyl (C=O) groups excluding carboxylic acids is 1. The van der Waals surface area contributed by atoms with E-state index in [4.69, 9.17) is 16.3 Å². The third kappa shape index (κ3) is 3.82. The number of nitrogens with one attached hydrogen (secondary N) is 1. The van der Waals surface area contributed by atoms with Crippen LogP contribution in [0.3, 0.4) is 0 Å². The first kappa shape index (κ1) is 19.1. The molecule has 2 aromatic rings. The average Bonchev–Trinajstić information content (AvgIpc) is 3.41. The van der Waals surface area contributed by atoms with Crippen molar-refractivity contribution in [1.29, 1.82) is 0 Å². The van der Waals surface area contributed by atoms with Crippen LogP contribution in [0.25, 0.3) is 0 Å². The molecule has 1 saturated heterocycles. The maximum absolute atomic E-state index is 12.7. The fourth-order valence-electron chi connectivity index (χ4n) is 4.32. The normalized spacial score (nSPS) is 20.7. The van der Waals surface area contributed by atoms with Crippen molar-refractivity contribution < 1.29 is 14.6 Å². The van der Waals surface area contributed by atoms with Gasteiger partial charge in [-0.3, -0.25) is 9.69 Å². The summed E-state index contributed by atoms with van der Waals surface area (Å²) in [5.41, 5.74) is 1.70. The van der Waals surface area contributed by atoms with Crippen molar-refractivity contribution in [2.24, 2.45) is 11.3 Å². The number of piperidine rings is 1. The Morgan fingerprint density at radius 3 is 2.79 bits per heavy atom. The molecule has 4 rings (SSSR count). The predicted molar refractivity (Wildman–Crippen MR) is 110 cm³/mol.